The molecule has 0 aromatic heterocycles. The first-order valence-electron chi connectivity index (χ1n) is 12.9. The standard InChI is InChI=1S/C27H24Br2F7NO5S/c28-20-10-9-19(13-21(20)29)43(41,42)24(11-12-37(14-24)22(38)15-1-3-16(4-2-15)23(39)40)17-5-7-18(8-6-17)25(30,26(31,32)33)27(34,35)36/h5-10,13,15-16H,1-4,11-12,14H2,(H,39,40)/t15?,16?,24-/m0/s1. The highest BCUT2D eigenvalue weighted by Crippen LogP contribution is 2.54. The van der Waals surface area contributed by atoms with Crippen molar-refractivity contribution in [2.75, 3.05) is 13.1 Å². The van der Waals surface area contributed by atoms with Gasteiger partial charge in [-0.3, -0.25) is 9.59 Å². The summed E-state index contributed by atoms with van der Waals surface area (Å²) >= 11 is 6.45. The van der Waals surface area contributed by atoms with E-state index in [4.69, 9.17) is 0 Å². The fourth-order valence-electron chi connectivity index (χ4n) is 5.79. The molecule has 16 heteroatoms. The predicted molar refractivity (Wildman–Crippen MR) is 146 cm³/mol. The third-order valence-electron chi connectivity index (χ3n) is 8.27. The van der Waals surface area contributed by atoms with Gasteiger partial charge in [-0.1, -0.05) is 24.3 Å². The first-order valence-corrected chi connectivity index (χ1v) is 16.0. The van der Waals surface area contributed by atoms with Crippen LogP contribution in [0.25, 0.3) is 0 Å². The molecule has 1 aliphatic carbocycles. The van der Waals surface area contributed by atoms with E-state index in [1.54, 1.807) is 0 Å². The van der Waals surface area contributed by atoms with E-state index in [0.29, 0.717) is 8.95 Å². The molecule has 0 bridgehead atoms. The van der Waals surface area contributed by atoms with Crippen LogP contribution in [0.2, 0.25) is 0 Å². The number of benzene rings is 2. The number of carbonyl (C=O) groups is 2. The molecular weight excluding hydrogens is 743 g/mol. The second-order valence-electron chi connectivity index (χ2n) is 10.7. The summed E-state index contributed by atoms with van der Waals surface area (Å²) in [6.45, 7) is -0.576. The maximum absolute atomic E-state index is 14.7. The van der Waals surface area contributed by atoms with Crippen molar-refractivity contribution < 1.29 is 53.8 Å². The molecule has 1 saturated carbocycles. The van der Waals surface area contributed by atoms with Gasteiger partial charge in [0.15, 0.2) is 9.84 Å². The summed E-state index contributed by atoms with van der Waals surface area (Å²) in [4.78, 5) is 25.8. The first-order chi connectivity index (χ1) is 19.8. The maximum atomic E-state index is 14.7. The Morgan fingerprint density at radius 2 is 1.37 bits per heavy atom. The van der Waals surface area contributed by atoms with E-state index in [2.05, 4.69) is 31.9 Å². The van der Waals surface area contributed by atoms with Crippen molar-refractivity contribution in [3.63, 3.8) is 0 Å². The number of rotatable bonds is 6. The number of halogens is 9. The number of hydrogen-bond acceptors (Lipinski definition) is 4. The second kappa shape index (κ2) is 11.6. The van der Waals surface area contributed by atoms with E-state index in [1.807, 2.05) is 0 Å². The van der Waals surface area contributed by atoms with E-state index in [-0.39, 0.29) is 61.2 Å². The van der Waals surface area contributed by atoms with Crippen LogP contribution < -0.4 is 0 Å². The van der Waals surface area contributed by atoms with Crippen molar-refractivity contribution in [3.8, 4) is 0 Å². The molecule has 2 aliphatic rings. The fourth-order valence-corrected chi connectivity index (χ4v) is 8.67. The molecule has 2 aromatic carbocycles. The molecule has 0 radical (unpaired) electrons. The molecule has 1 saturated heterocycles. The third kappa shape index (κ3) is 5.83. The largest absolute Gasteiger partial charge is 0.481 e. The Kier molecular flexibility index (Phi) is 9.11. The molecule has 0 spiro atoms. The Morgan fingerprint density at radius 3 is 1.86 bits per heavy atom. The van der Waals surface area contributed by atoms with Gasteiger partial charge in [-0.2, -0.15) is 26.3 Å². The SMILES string of the molecule is O=C(O)C1CCC(C(=O)N2CC[C@](c3ccc(C(F)(C(F)(F)F)C(F)(F)F)cc3)(S(=O)(=O)c3ccc(Br)c(Br)c3)C2)CC1. The molecule has 1 amide bonds. The zero-order valence-corrected chi connectivity index (χ0v) is 26.0. The van der Waals surface area contributed by atoms with Gasteiger partial charge in [0.1, 0.15) is 4.75 Å². The molecule has 1 aliphatic heterocycles. The Hall–Kier alpha value is -2.20. The van der Waals surface area contributed by atoms with Crippen molar-refractivity contribution >= 4 is 53.6 Å². The number of carbonyl (C=O) groups excluding carboxylic acids is 1. The Morgan fingerprint density at radius 1 is 0.837 bits per heavy atom. The van der Waals surface area contributed by atoms with E-state index in [9.17, 15) is 53.8 Å². The van der Waals surface area contributed by atoms with Gasteiger partial charge in [-0.05, 0) is 87.7 Å². The average Bonchev–Trinajstić information content (AvgIpc) is 3.40. The highest BCUT2D eigenvalue weighted by Gasteiger charge is 2.73. The molecule has 43 heavy (non-hydrogen) atoms. The zero-order chi connectivity index (χ0) is 32.2. The van der Waals surface area contributed by atoms with Gasteiger partial charge < -0.3 is 10.0 Å². The van der Waals surface area contributed by atoms with Crippen LogP contribution >= 0.6 is 31.9 Å². The number of sulfone groups is 1. The number of hydrogen-bond donors (Lipinski definition) is 1. The predicted octanol–water partition coefficient (Wildman–Crippen LogP) is 7.29. The van der Waals surface area contributed by atoms with Gasteiger partial charge in [-0.15, -0.1) is 0 Å². The van der Waals surface area contributed by atoms with Gasteiger partial charge >= 0.3 is 24.0 Å². The summed E-state index contributed by atoms with van der Waals surface area (Å²) in [6.07, 6.45) is -11.9. The molecule has 1 atom stereocenters. The minimum atomic E-state index is -6.35. The molecule has 6 nitrogen and oxygen atoms in total. The molecule has 2 fully saturated rings. The van der Waals surface area contributed by atoms with Crippen LogP contribution in [-0.4, -0.2) is 55.7 Å². The topological polar surface area (TPSA) is 91.8 Å². The molecule has 236 valence electrons. The molecule has 2 aromatic rings. The molecule has 0 unspecified atom stereocenters. The smallest absolute Gasteiger partial charge is 0.435 e. The van der Waals surface area contributed by atoms with Crippen LogP contribution in [0.15, 0.2) is 56.3 Å². The minimum absolute atomic E-state index is 0.103. The van der Waals surface area contributed by atoms with Crippen LogP contribution in [0.5, 0.6) is 0 Å². The van der Waals surface area contributed by atoms with Crippen LogP contribution in [0.3, 0.4) is 0 Å². The van der Waals surface area contributed by atoms with Crippen LogP contribution in [-0.2, 0) is 29.8 Å². The number of carboxylic acid groups (broad SMARTS) is 1. The summed E-state index contributed by atoms with van der Waals surface area (Å²) in [5.41, 5.74) is -7.68. The molecule has 4 rings (SSSR count). The van der Waals surface area contributed by atoms with E-state index in [0.717, 1.165) is 12.1 Å². The lowest BCUT2D eigenvalue weighted by molar-refractivity contribution is -0.348. The third-order valence-corrected chi connectivity index (χ3v) is 12.6. The van der Waals surface area contributed by atoms with Gasteiger partial charge in [-0.25, -0.2) is 12.8 Å². The summed E-state index contributed by atoms with van der Waals surface area (Å²) in [5.74, 6) is -2.59. The first kappa shape index (κ1) is 33.7. The van der Waals surface area contributed by atoms with E-state index in [1.165, 1.54) is 23.1 Å². The Balaban J connectivity index is 1.77. The lowest BCUT2D eigenvalue weighted by Gasteiger charge is -2.33. The number of amides is 1. The molecular formula is C27H24Br2F7NO5S. The Bertz CT molecular complexity index is 1490. The van der Waals surface area contributed by atoms with Crippen molar-refractivity contribution in [2.24, 2.45) is 11.8 Å². The summed E-state index contributed by atoms with van der Waals surface area (Å²) in [7, 11) is -4.48. The normalized spacial score (nSPS) is 23.8. The fraction of sp³-hybridized carbons (Fsp3) is 0.481. The zero-order valence-electron chi connectivity index (χ0n) is 22.0. The lowest BCUT2D eigenvalue weighted by Crippen LogP contribution is -2.50. The highest BCUT2D eigenvalue weighted by molar-refractivity contribution is 9.13. The van der Waals surface area contributed by atoms with Crippen molar-refractivity contribution in [1.29, 1.82) is 0 Å². The van der Waals surface area contributed by atoms with Crippen molar-refractivity contribution in [1.82, 2.24) is 4.90 Å². The number of alkyl halides is 7. The van der Waals surface area contributed by atoms with Gasteiger partial charge in [0.2, 0.25) is 5.91 Å². The van der Waals surface area contributed by atoms with E-state index >= 15 is 0 Å². The second-order valence-corrected chi connectivity index (χ2v) is 14.7. The van der Waals surface area contributed by atoms with Crippen molar-refractivity contribution in [3.05, 3.63) is 62.5 Å². The average molecular weight is 767 g/mol. The quantitative estimate of drug-likeness (QED) is 0.312. The van der Waals surface area contributed by atoms with Crippen molar-refractivity contribution in [2.45, 2.75) is 59.8 Å². The summed E-state index contributed by atoms with van der Waals surface area (Å²) in [5, 5.41) is 9.25. The number of nitrogens with zero attached hydrogens (tertiary/aromatic N) is 1. The van der Waals surface area contributed by atoms with Gasteiger partial charge in [0.05, 0.1) is 10.8 Å². The number of likely N-dealkylation sites (tertiary alicyclic amines) is 1. The minimum Gasteiger partial charge on any atom is -0.481 e. The van der Waals surface area contributed by atoms with Gasteiger partial charge in [0, 0.05) is 33.5 Å². The number of carboxylic acids is 1. The molecule has 1 N–H and O–H groups in total. The Labute approximate surface area is 258 Å². The van der Waals surface area contributed by atoms with Crippen LogP contribution in [0.4, 0.5) is 30.7 Å². The summed E-state index contributed by atoms with van der Waals surface area (Å²) in [6, 6.07) is 5.93. The van der Waals surface area contributed by atoms with Crippen LogP contribution in [0, 0.1) is 11.8 Å². The lowest BCUT2D eigenvalue weighted by atomic mass is 9.81. The van der Waals surface area contributed by atoms with E-state index < -0.39 is 68.4 Å². The highest BCUT2D eigenvalue weighted by atomic mass is 79.9. The summed E-state index contributed by atoms with van der Waals surface area (Å²) < 4.78 is 122. The molecule has 1 heterocycles. The number of aliphatic carboxylic acids is 1. The monoisotopic (exact) mass is 765 g/mol. The van der Waals surface area contributed by atoms with Crippen LogP contribution in [0.1, 0.15) is 43.2 Å². The van der Waals surface area contributed by atoms with Gasteiger partial charge in [0.25, 0.3) is 0 Å². The maximum Gasteiger partial charge on any atom is 0.435 e.